The van der Waals surface area contributed by atoms with E-state index >= 15 is 0 Å². The van der Waals surface area contributed by atoms with E-state index in [1.807, 2.05) is 24.3 Å². The molecule has 0 bridgehead atoms. The van der Waals surface area contributed by atoms with Gasteiger partial charge in [0.15, 0.2) is 5.82 Å². The summed E-state index contributed by atoms with van der Waals surface area (Å²) in [6.45, 7) is 0.659. The highest BCUT2D eigenvalue weighted by Gasteiger charge is 2.17. The van der Waals surface area contributed by atoms with E-state index in [2.05, 4.69) is 15.0 Å². The van der Waals surface area contributed by atoms with Gasteiger partial charge in [0, 0.05) is 13.6 Å². The van der Waals surface area contributed by atoms with E-state index in [1.165, 1.54) is 11.5 Å². The maximum absolute atomic E-state index is 11.8. The number of methoxy groups -OCH3 is 1. The van der Waals surface area contributed by atoms with Gasteiger partial charge in [0.2, 0.25) is 0 Å². The number of nitrogens with one attached hydrogen (secondary N) is 2. The van der Waals surface area contributed by atoms with Crippen molar-refractivity contribution in [2.45, 2.75) is 6.42 Å². The first kappa shape index (κ1) is 15.1. The number of carbonyl (C=O) groups excluding carboxylic acids is 1. The van der Waals surface area contributed by atoms with Crippen molar-refractivity contribution in [1.82, 2.24) is 9.69 Å². The second-order valence-electron chi connectivity index (χ2n) is 4.34. The van der Waals surface area contributed by atoms with Crippen molar-refractivity contribution in [1.29, 1.82) is 0 Å². The molecule has 1 amide bonds. The summed E-state index contributed by atoms with van der Waals surface area (Å²) in [6, 6.07) is 7.85. The van der Waals surface area contributed by atoms with Crippen LogP contribution >= 0.6 is 11.5 Å². The van der Waals surface area contributed by atoms with Crippen LogP contribution in [-0.2, 0) is 6.42 Å². The average Bonchev–Trinajstić information content (AvgIpc) is 2.88. The van der Waals surface area contributed by atoms with Crippen molar-refractivity contribution in [3.05, 3.63) is 35.4 Å². The van der Waals surface area contributed by atoms with Gasteiger partial charge in [-0.15, -0.1) is 0 Å². The number of hydrogen-bond donors (Lipinski definition) is 3. The highest BCUT2D eigenvalue weighted by molar-refractivity contribution is 7.11. The zero-order valence-corrected chi connectivity index (χ0v) is 12.8. The minimum absolute atomic E-state index is 0.235. The molecule has 0 saturated heterocycles. The number of nitrogen functional groups attached to an aromatic ring is 1. The standard InChI is InChI=1S/C14H18N4O2S/c1-16-13(19)11-12(15)18-21-14(11)17-8-7-9-5-3-4-6-10(9)20-2/h3-6,17H,7-8H2,1-2H3,(H2,15,18)(H,16,19). The highest BCUT2D eigenvalue weighted by atomic mass is 32.1. The summed E-state index contributed by atoms with van der Waals surface area (Å²) in [6.07, 6.45) is 0.773. The van der Waals surface area contributed by atoms with Crippen molar-refractivity contribution in [3.63, 3.8) is 0 Å². The van der Waals surface area contributed by atoms with E-state index in [-0.39, 0.29) is 11.7 Å². The van der Waals surface area contributed by atoms with E-state index in [4.69, 9.17) is 10.5 Å². The van der Waals surface area contributed by atoms with Crippen LogP contribution in [0.4, 0.5) is 10.8 Å². The van der Waals surface area contributed by atoms with E-state index in [0.717, 1.165) is 17.7 Å². The third-order valence-corrected chi connectivity index (χ3v) is 3.86. The quantitative estimate of drug-likeness (QED) is 0.756. The van der Waals surface area contributed by atoms with Crippen molar-refractivity contribution >= 4 is 28.3 Å². The molecule has 0 radical (unpaired) electrons. The van der Waals surface area contributed by atoms with Crippen molar-refractivity contribution in [3.8, 4) is 5.75 Å². The number of anilines is 2. The van der Waals surface area contributed by atoms with Crippen molar-refractivity contribution in [2.75, 3.05) is 31.8 Å². The molecule has 1 aromatic carbocycles. The summed E-state index contributed by atoms with van der Waals surface area (Å²) >= 11 is 1.19. The minimum atomic E-state index is -0.235. The molecule has 21 heavy (non-hydrogen) atoms. The van der Waals surface area contributed by atoms with Crippen LogP contribution in [-0.4, -0.2) is 31.0 Å². The van der Waals surface area contributed by atoms with Gasteiger partial charge in [0.25, 0.3) is 5.91 Å². The number of para-hydroxylation sites is 1. The van der Waals surface area contributed by atoms with Gasteiger partial charge in [-0.25, -0.2) is 0 Å². The van der Waals surface area contributed by atoms with Crippen LogP contribution in [0.15, 0.2) is 24.3 Å². The zero-order chi connectivity index (χ0) is 15.2. The van der Waals surface area contributed by atoms with Gasteiger partial charge < -0.3 is 21.1 Å². The molecule has 0 spiro atoms. The number of hydrogen-bond acceptors (Lipinski definition) is 6. The first-order valence-electron chi connectivity index (χ1n) is 6.50. The maximum atomic E-state index is 11.8. The Morgan fingerprint density at radius 1 is 1.43 bits per heavy atom. The zero-order valence-electron chi connectivity index (χ0n) is 12.0. The summed E-state index contributed by atoms with van der Waals surface area (Å²) in [5, 5.41) is 6.45. The molecule has 1 heterocycles. The molecule has 0 unspecified atom stereocenters. The Hall–Kier alpha value is -2.28. The van der Waals surface area contributed by atoms with Gasteiger partial charge in [-0.2, -0.15) is 4.37 Å². The van der Waals surface area contributed by atoms with Gasteiger partial charge in [-0.3, -0.25) is 4.79 Å². The number of aromatic nitrogens is 1. The number of nitrogens with two attached hydrogens (primary N) is 1. The lowest BCUT2D eigenvalue weighted by Gasteiger charge is -2.09. The predicted octanol–water partition coefficient (Wildman–Crippen LogP) is 1.75. The van der Waals surface area contributed by atoms with Gasteiger partial charge in [0.1, 0.15) is 16.3 Å². The number of carbonyl (C=O) groups is 1. The second kappa shape index (κ2) is 6.94. The van der Waals surface area contributed by atoms with E-state index < -0.39 is 0 Å². The molecule has 112 valence electrons. The molecule has 0 aliphatic rings. The average molecular weight is 306 g/mol. The Morgan fingerprint density at radius 2 is 2.19 bits per heavy atom. The molecule has 0 aliphatic carbocycles. The fourth-order valence-electron chi connectivity index (χ4n) is 1.99. The van der Waals surface area contributed by atoms with Gasteiger partial charge in [0.05, 0.1) is 7.11 Å². The number of ether oxygens (including phenoxy) is 1. The van der Waals surface area contributed by atoms with Crippen LogP contribution < -0.4 is 21.1 Å². The first-order valence-corrected chi connectivity index (χ1v) is 7.27. The fraction of sp³-hybridized carbons (Fsp3) is 0.286. The molecular weight excluding hydrogens is 288 g/mol. The lowest BCUT2D eigenvalue weighted by molar-refractivity contribution is 0.0965. The fourth-order valence-corrected chi connectivity index (χ4v) is 2.72. The monoisotopic (exact) mass is 306 g/mol. The van der Waals surface area contributed by atoms with Gasteiger partial charge in [-0.05, 0) is 29.6 Å². The molecular formula is C14H18N4O2S. The smallest absolute Gasteiger partial charge is 0.257 e. The predicted molar refractivity (Wildman–Crippen MR) is 85.1 cm³/mol. The Kier molecular flexibility index (Phi) is 4.99. The Morgan fingerprint density at radius 3 is 2.90 bits per heavy atom. The summed E-state index contributed by atoms with van der Waals surface area (Å²) < 4.78 is 9.33. The molecule has 0 aliphatic heterocycles. The van der Waals surface area contributed by atoms with Gasteiger partial charge in [-0.1, -0.05) is 18.2 Å². The highest BCUT2D eigenvalue weighted by Crippen LogP contribution is 2.26. The van der Waals surface area contributed by atoms with Crippen LogP contribution in [0, 0.1) is 0 Å². The summed E-state index contributed by atoms with van der Waals surface area (Å²) in [5.41, 5.74) is 7.23. The van der Waals surface area contributed by atoms with Crippen LogP contribution in [0.3, 0.4) is 0 Å². The molecule has 0 saturated carbocycles. The SMILES string of the molecule is CNC(=O)c1c(N)nsc1NCCc1ccccc1OC. The van der Waals surface area contributed by atoms with Crippen LogP contribution in [0.2, 0.25) is 0 Å². The lowest BCUT2D eigenvalue weighted by Crippen LogP contribution is -2.20. The molecule has 2 aromatic rings. The molecule has 1 aromatic heterocycles. The topological polar surface area (TPSA) is 89.3 Å². The van der Waals surface area contributed by atoms with E-state index in [0.29, 0.717) is 17.1 Å². The van der Waals surface area contributed by atoms with Crippen LogP contribution in [0.1, 0.15) is 15.9 Å². The molecule has 0 fully saturated rings. The lowest BCUT2D eigenvalue weighted by atomic mass is 10.1. The number of rotatable bonds is 6. The van der Waals surface area contributed by atoms with Crippen molar-refractivity contribution in [2.24, 2.45) is 0 Å². The largest absolute Gasteiger partial charge is 0.496 e. The first-order chi connectivity index (χ1) is 10.2. The molecule has 6 nitrogen and oxygen atoms in total. The molecule has 4 N–H and O–H groups in total. The van der Waals surface area contributed by atoms with Gasteiger partial charge >= 0.3 is 0 Å². The third kappa shape index (κ3) is 3.43. The molecule has 0 atom stereocenters. The number of benzene rings is 1. The molecule has 7 heteroatoms. The second-order valence-corrected chi connectivity index (χ2v) is 5.11. The minimum Gasteiger partial charge on any atom is -0.496 e. The normalized spacial score (nSPS) is 10.2. The number of nitrogens with zero attached hydrogens (tertiary/aromatic N) is 1. The Balaban J connectivity index is 2.03. The summed E-state index contributed by atoms with van der Waals surface area (Å²) in [7, 11) is 3.22. The summed E-state index contributed by atoms with van der Waals surface area (Å²) in [5.74, 6) is 0.870. The summed E-state index contributed by atoms with van der Waals surface area (Å²) in [4.78, 5) is 11.8. The molecule has 2 rings (SSSR count). The van der Waals surface area contributed by atoms with Crippen molar-refractivity contribution < 1.29 is 9.53 Å². The Labute approximate surface area is 127 Å². The van der Waals surface area contributed by atoms with E-state index in [9.17, 15) is 4.79 Å². The Bertz CT molecular complexity index is 627. The van der Waals surface area contributed by atoms with Crippen LogP contribution in [0.25, 0.3) is 0 Å². The van der Waals surface area contributed by atoms with E-state index in [1.54, 1.807) is 14.2 Å². The third-order valence-electron chi connectivity index (χ3n) is 3.05. The number of amides is 1. The van der Waals surface area contributed by atoms with Crippen LogP contribution in [0.5, 0.6) is 5.75 Å². The maximum Gasteiger partial charge on any atom is 0.257 e.